The van der Waals surface area contributed by atoms with Gasteiger partial charge in [-0.05, 0) is 0 Å². The van der Waals surface area contributed by atoms with Crippen LogP contribution in [0.2, 0.25) is 0 Å². The van der Waals surface area contributed by atoms with E-state index < -0.39 is 47.6 Å². The number of phosphoric acid groups is 3. The van der Waals surface area contributed by atoms with Crippen LogP contribution < -0.4 is 11.4 Å². The Morgan fingerprint density at radius 1 is 1.00 bits per heavy atom. The largest absolute Gasteiger partial charge is 0.503 e. The van der Waals surface area contributed by atoms with Gasteiger partial charge < -0.3 is 69.8 Å². The van der Waals surface area contributed by atoms with Gasteiger partial charge in [0.1, 0.15) is 12.3 Å². The number of ether oxygens (including phenoxy) is 1. The van der Waals surface area contributed by atoms with E-state index in [1.165, 1.54) is 0 Å². The predicted octanol–water partition coefficient (Wildman–Crippen LogP) is -4.61. The van der Waals surface area contributed by atoms with E-state index in [-0.39, 0.29) is 24.6 Å². The molecule has 1 aliphatic heterocycles. The number of nitrogens with two attached hydrogens (primary N) is 1. The molecule has 32 heavy (non-hydrogen) atoms. The van der Waals surface area contributed by atoms with E-state index in [4.69, 9.17) is 73.3 Å². The van der Waals surface area contributed by atoms with Crippen LogP contribution in [0.3, 0.4) is 0 Å². The number of aliphatic hydroxyl groups excluding tert-OH is 2. The van der Waals surface area contributed by atoms with Crippen LogP contribution in [0.5, 0.6) is 5.75 Å². The third-order valence-corrected chi connectivity index (χ3v) is 2.66. The highest BCUT2D eigenvalue weighted by molar-refractivity contribution is 7.45. The molecule has 1 aromatic rings. The van der Waals surface area contributed by atoms with Crippen LogP contribution in [-0.4, -0.2) is 87.7 Å². The molecule has 1 fully saturated rings. The summed E-state index contributed by atoms with van der Waals surface area (Å²) in [6.07, 6.45) is -1.14. The number of rotatable bonds is 2. The summed E-state index contributed by atoms with van der Waals surface area (Å²) < 4.78 is 32.9. The van der Waals surface area contributed by atoms with Crippen LogP contribution >= 0.6 is 23.5 Å². The lowest BCUT2D eigenvalue weighted by Gasteiger charge is -2.14. The number of aliphatic hydroxyl groups is 2. The summed E-state index contributed by atoms with van der Waals surface area (Å²) in [4.78, 5) is 79.6. The summed E-state index contributed by atoms with van der Waals surface area (Å²) in [6.45, 7) is -0.346. The lowest BCUT2D eigenvalue weighted by molar-refractivity contribution is -0.0460. The van der Waals surface area contributed by atoms with Crippen LogP contribution in [-0.2, 0) is 18.4 Å². The molecule has 2 heterocycles. The zero-order chi connectivity index (χ0) is 26.1. The van der Waals surface area contributed by atoms with Crippen LogP contribution in [0.1, 0.15) is 12.6 Å². The van der Waals surface area contributed by atoms with Gasteiger partial charge in [-0.25, -0.2) is 18.5 Å². The molecule has 0 bridgehead atoms. The lowest BCUT2D eigenvalue weighted by atomic mass is 10.2. The SMILES string of the molecule is Nc1nc(=O)n([C@H]2C[C@H](O)[C@@H](CO)O2)cc1O.O=P(O)(O)O.O=P(O)(O)O.O=P(O)(O)O. The third-order valence-electron chi connectivity index (χ3n) is 2.66. The van der Waals surface area contributed by atoms with E-state index in [2.05, 4.69) is 4.98 Å². The lowest BCUT2D eigenvalue weighted by Crippen LogP contribution is -2.28. The maximum Gasteiger partial charge on any atom is 0.466 e. The van der Waals surface area contributed by atoms with E-state index in [0.717, 1.165) is 10.8 Å². The maximum atomic E-state index is 11.5. The van der Waals surface area contributed by atoms with Gasteiger partial charge in [-0.3, -0.25) is 4.57 Å². The highest BCUT2D eigenvalue weighted by Gasteiger charge is 2.35. The minimum Gasteiger partial charge on any atom is -0.503 e. The summed E-state index contributed by atoms with van der Waals surface area (Å²) in [5.74, 6) is -0.598. The topological polar surface area (TPSA) is 364 Å². The van der Waals surface area contributed by atoms with Crippen molar-refractivity contribution in [1.29, 1.82) is 0 Å². The number of aromatic nitrogens is 2. The molecule has 0 saturated carbocycles. The minimum atomic E-state index is -4.64. The van der Waals surface area contributed by atoms with Crippen molar-refractivity contribution in [1.82, 2.24) is 9.55 Å². The smallest absolute Gasteiger partial charge is 0.466 e. The fourth-order valence-electron chi connectivity index (χ4n) is 1.73. The Kier molecular flexibility index (Phi) is 13.8. The fourth-order valence-corrected chi connectivity index (χ4v) is 1.73. The van der Waals surface area contributed by atoms with E-state index in [1.807, 2.05) is 0 Å². The van der Waals surface area contributed by atoms with Gasteiger partial charge >= 0.3 is 29.2 Å². The second-order valence-electron chi connectivity index (χ2n) is 5.36. The fraction of sp³-hybridized carbons (Fsp3) is 0.556. The molecule has 23 heteroatoms. The second kappa shape index (κ2) is 13.4. The Morgan fingerprint density at radius 2 is 1.38 bits per heavy atom. The van der Waals surface area contributed by atoms with Gasteiger partial charge in [-0.15, -0.1) is 0 Å². The summed E-state index contributed by atoms with van der Waals surface area (Å²) in [5, 5.41) is 27.8. The average molecular weight is 537 g/mol. The van der Waals surface area contributed by atoms with E-state index >= 15 is 0 Å². The van der Waals surface area contributed by atoms with Crippen LogP contribution in [0.4, 0.5) is 5.82 Å². The van der Waals surface area contributed by atoms with Gasteiger partial charge in [-0.1, -0.05) is 0 Å². The zero-order valence-corrected chi connectivity index (χ0v) is 18.1. The molecule has 0 aromatic carbocycles. The van der Waals surface area contributed by atoms with Crippen molar-refractivity contribution in [3.8, 4) is 5.75 Å². The number of anilines is 1. The molecule has 3 atom stereocenters. The molecule has 0 spiro atoms. The molecule has 0 aliphatic carbocycles. The van der Waals surface area contributed by atoms with E-state index in [1.54, 1.807) is 0 Å². The molecule has 1 aromatic heterocycles. The number of hydrogen-bond donors (Lipinski definition) is 13. The van der Waals surface area contributed by atoms with Gasteiger partial charge in [0.15, 0.2) is 11.6 Å². The number of nitrogens with zero attached hydrogens (tertiary/aromatic N) is 2. The first-order valence-corrected chi connectivity index (χ1v) is 12.1. The summed E-state index contributed by atoms with van der Waals surface area (Å²) in [5.41, 5.74) is 4.58. The molecule has 0 unspecified atom stereocenters. The minimum absolute atomic E-state index is 0.135. The maximum absolute atomic E-state index is 11.5. The number of nitrogen functional groups attached to an aromatic ring is 1. The summed E-state index contributed by atoms with van der Waals surface area (Å²) in [6, 6.07) is 0. The van der Waals surface area contributed by atoms with Crippen molar-refractivity contribution in [2.75, 3.05) is 12.3 Å². The Morgan fingerprint density at radius 3 is 1.69 bits per heavy atom. The monoisotopic (exact) mass is 537 g/mol. The Balaban J connectivity index is 0. The molecular formula is C9H22N3O17P3. The van der Waals surface area contributed by atoms with Crippen molar-refractivity contribution < 1.29 is 77.8 Å². The van der Waals surface area contributed by atoms with Gasteiger partial charge in [0.05, 0.1) is 18.9 Å². The van der Waals surface area contributed by atoms with Crippen molar-refractivity contribution in [2.45, 2.75) is 24.9 Å². The first-order chi connectivity index (χ1) is 14.0. The summed E-state index contributed by atoms with van der Waals surface area (Å²) in [7, 11) is -13.9. The number of aromatic hydroxyl groups is 1. The van der Waals surface area contributed by atoms with Gasteiger partial charge in [0.25, 0.3) is 0 Å². The standard InChI is InChI=1S/C9H13N3O5.3H3O4P/c10-8-5(15)2-12(9(16)11-8)7-1-4(14)6(3-13)17-7;3*1-5(2,3)4/h2,4,6-7,13-15H,1,3H2,(H2,10,11,16);3*(H3,1,2,3,4)/t4-,6+,7+;;;/m0.../s1. The van der Waals surface area contributed by atoms with Crippen molar-refractivity contribution in [3.63, 3.8) is 0 Å². The predicted molar refractivity (Wildman–Crippen MR) is 99.0 cm³/mol. The number of hydrogen-bond acceptors (Lipinski definition) is 10. The molecule has 20 nitrogen and oxygen atoms in total. The van der Waals surface area contributed by atoms with Crippen LogP contribution in [0, 0.1) is 0 Å². The Bertz CT molecular complexity index is 832. The average Bonchev–Trinajstić information content (AvgIpc) is 2.86. The third kappa shape index (κ3) is 20.6. The molecule has 190 valence electrons. The second-order valence-corrected chi connectivity index (χ2v) is 8.44. The van der Waals surface area contributed by atoms with Crippen LogP contribution in [0.25, 0.3) is 0 Å². The molecule has 0 amide bonds. The highest BCUT2D eigenvalue weighted by atomic mass is 31.2. The van der Waals surface area contributed by atoms with E-state index in [9.17, 15) is 15.0 Å². The quantitative estimate of drug-likeness (QED) is 0.158. The molecular weight excluding hydrogens is 515 g/mol. The molecule has 0 radical (unpaired) electrons. The Labute approximate surface area is 177 Å². The molecule has 2 rings (SSSR count). The normalized spacial score (nSPS) is 20.7. The zero-order valence-electron chi connectivity index (χ0n) is 15.4. The van der Waals surface area contributed by atoms with Crippen molar-refractivity contribution in [3.05, 3.63) is 16.7 Å². The van der Waals surface area contributed by atoms with Gasteiger partial charge in [0, 0.05) is 6.42 Å². The van der Waals surface area contributed by atoms with Gasteiger partial charge in [-0.2, -0.15) is 4.98 Å². The molecule has 1 aliphatic rings. The van der Waals surface area contributed by atoms with E-state index in [0.29, 0.717) is 0 Å². The first kappa shape index (κ1) is 32.9. The van der Waals surface area contributed by atoms with Gasteiger partial charge in [0.2, 0.25) is 0 Å². The summed E-state index contributed by atoms with van der Waals surface area (Å²) >= 11 is 0. The molecule has 1 saturated heterocycles. The molecule has 14 N–H and O–H groups in total. The van der Waals surface area contributed by atoms with Crippen molar-refractivity contribution >= 4 is 29.3 Å². The van der Waals surface area contributed by atoms with Crippen molar-refractivity contribution in [2.24, 2.45) is 0 Å². The first-order valence-electron chi connectivity index (χ1n) is 7.39. The Hall–Kier alpha value is -1.31. The van der Waals surface area contributed by atoms with Crippen LogP contribution in [0.15, 0.2) is 11.0 Å². The highest BCUT2D eigenvalue weighted by Crippen LogP contribution is 2.29.